The Hall–Kier alpha value is -3.68. The molecule has 1 atom stereocenters. The summed E-state index contributed by atoms with van der Waals surface area (Å²) in [5, 5.41) is 11.1. The molecule has 0 saturated carbocycles. The molecule has 28 heavy (non-hydrogen) atoms. The summed E-state index contributed by atoms with van der Waals surface area (Å²) in [5.41, 5.74) is 4.99. The van der Waals surface area contributed by atoms with Crippen LogP contribution in [0.1, 0.15) is 40.3 Å². The summed E-state index contributed by atoms with van der Waals surface area (Å²) in [6.07, 6.45) is 0. The molecule has 2 heterocycles. The van der Waals surface area contributed by atoms with E-state index in [1.807, 2.05) is 63.2 Å². The van der Waals surface area contributed by atoms with Gasteiger partial charge in [0.2, 0.25) is 0 Å². The fourth-order valence-corrected chi connectivity index (χ4v) is 3.14. The average molecular weight is 376 g/mol. The van der Waals surface area contributed by atoms with Crippen molar-refractivity contribution in [2.75, 3.05) is 0 Å². The molecule has 142 valence electrons. The van der Waals surface area contributed by atoms with Crippen LogP contribution in [0.3, 0.4) is 0 Å². The van der Waals surface area contributed by atoms with Gasteiger partial charge in [-0.05, 0) is 50.6 Å². The predicted molar refractivity (Wildman–Crippen MR) is 106 cm³/mol. The molecule has 8 nitrogen and oxygen atoms in total. The molecule has 0 spiro atoms. The number of nitrogens with zero attached hydrogens (tertiary/aromatic N) is 3. The lowest BCUT2D eigenvalue weighted by Gasteiger charge is -2.14. The summed E-state index contributed by atoms with van der Waals surface area (Å²) in [4.78, 5) is 29.6. The summed E-state index contributed by atoms with van der Waals surface area (Å²) < 4.78 is 1.65. The topological polar surface area (TPSA) is 108 Å². The van der Waals surface area contributed by atoms with Gasteiger partial charge in [0.15, 0.2) is 5.69 Å². The Morgan fingerprint density at radius 1 is 1.07 bits per heavy atom. The Kier molecular flexibility index (Phi) is 4.31. The van der Waals surface area contributed by atoms with E-state index < -0.39 is 0 Å². The molecule has 4 rings (SSSR count). The van der Waals surface area contributed by atoms with E-state index in [2.05, 4.69) is 25.6 Å². The molecule has 2 aromatic heterocycles. The minimum Gasteiger partial charge on any atom is -0.344 e. The Balaban J connectivity index is 1.55. The van der Waals surface area contributed by atoms with Crippen LogP contribution in [-0.4, -0.2) is 30.9 Å². The van der Waals surface area contributed by atoms with Gasteiger partial charge in [-0.1, -0.05) is 29.0 Å². The van der Waals surface area contributed by atoms with Crippen LogP contribution in [0, 0.1) is 13.8 Å². The summed E-state index contributed by atoms with van der Waals surface area (Å²) in [6.45, 7) is 5.71. The smallest absolute Gasteiger partial charge is 0.323 e. The first kappa shape index (κ1) is 17.7. The maximum Gasteiger partial charge on any atom is 0.323 e. The first-order valence-electron chi connectivity index (χ1n) is 8.94. The molecule has 0 radical (unpaired) electrons. The summed E-state index contributed by atoms with van der Waals surface area (Å²) in [7, 11) is 0. The lowest BCUT2D eigenvalue weighted by atomic mass is 10.1. The van der Waals surface area contributed by atoms with E-state index in [9.17, 15) is 9.59 Å². The van der Waals surface area contributed by atoms with Crippen molar-refractivity contribution < 1.29 is 4.79 Å². The van der Waals surface area contributed by atoms with Crippen LogP contribution in [0.5, 0.6) is 0 Å². The van der Waals surface area contributed by atoms with Gasteiger partial charge in [-0.3, -0.25) is 4.79 Å². The first-order chi connectivity index (χ1) is 13.4. The van der Waals surface area contributed by atoms with Crippen LogP contribution in [0.25, 0.3) is 16.7 Å². The van der Waals surface area contributed by atoms with Gasteiger partial charge in [-0.15, -0.1) is 5.10 Å². The van der Waals surface area contributed by atoms with Crippen molar-refractivity contribution in [3.63, 3.8) is 0 Å². The van der Waals surface area contributed by atoms with Crippen molar-refractivity contribution in [2.24, 2.45) is 0 Å². The highest BCUT2D eigenvalue weighted by molar-refractivity contribution is 5.93. The zero-order valence-electron chi connectivity index (χ0n) is 15.8. The number of aromatic amines is 2. The zero-order valence-corrected chi connectivity index (χ0v) is 15.8. The van der Waals surface area contributed by atoms with E-state index in [1.165, 1.54) is 0 Å². The summed E-state index contributed by atoms with van der Waals surface area (Å²) in [5.74, 6) is -0.300. The lowest BCUT2D eigenvalue weighted by Crippen LogP contribution is -2.27. The minimum absolute atomic E-state index is 0.257. The van der Waals surface area contributed by atoms with E-state index in [4.69, 9.17) is 0 Å². The third kappa shape index (κ3) is 3.20. The van der Waals surface area contributed by atoms with Crippen molar-refractivity contribution in [3.05, 3.63) is 75.5 Å². The molecular formula is C20H20N6O2. The Bertz CT molecular complexity index is 1220. The van der Waals surface area contributed by atoms with Crippen LogP contribution < -0.4 is 11.0 Å². The molecule has 0 aliphatic carbocycles. The van der Waals surface area contributed by atoms with E-state index in [0.29, 0.717) is 11.2 Å². The average Bonchev–Trinajstić information content (AvgIpc) is 3.23. The Labute approximate surface area is 160 Å². The van der Waals surface area contributed by atoms with Gasteiger partial charge >= 0.3 is 5.69 Å². The molecule has 0 aliphatic rings. The van der Waals surface area contributed by atoms with Crippen LogP contribution >= 0.6 is 0 Å². The fraction of sp³-hybridized carbons (Fsp3) is 0.200. The number of amides is 1. The van der Waals surface area contributed by atoms with Crippen molar-refractivity contribution in [3.8, 4) is 5.69 Å². The van der Waals surface area contributed by atoms with Gasteiger partial charge in [-0.25, -0.2) is 9.48 Å². The highest BCUT2D eigenvalue weighted by Gasteiger charge is 2.19. The third-order valence-electron chi connectivity index (χ3n) is 4.78. The van der Waals surface area contributed by atoms with E-state index in [-0.39, 0.29) is 23.3 Å². The van der Waals surface area contributed by atoms with Crippen molar-refractivity contribution in [1.29, 1.82) is 0 Å². The van der Waals surface area contributed by atoms with Gasteiger partial charge in [0.05, 0.1) is 28.5 Å². The van der Waals surface area contributed by atoms with Crippen LogP contribution in [0.4, 0.5) is 0 Å². The second kappa shape index (κ2) is 6.80. The van der Waals surface area contributed by atoms with E-state index in [0.717, 1.165) is 22.3 Å². The second-order valence-electron chi connectivity index (χ2n) is 6.85. The minimum atomic E-state index is -0.300. The number of nitrogens with one attached hydrogen (secondary N) is 3. The molecule has 2 aromatic carbocycles. The van der Waals surface area contributed by atoms with E-state index in [1.54, 1.807) is 4.68 Å². The monoisotopic (exact) mass is 376 g/mol. The molecule has 0 saturated heterocycles. The summed E-state index contributed by atoms with van der Waals surface area (Å²) >= 11 is 0. The molecule has 3 N–H and O–H groups in total. The SMILES string of the molecule is Cc1ccc(-n2nnc(C(=O)NC(C)c3ccc4[nH]c(=O)[nH]c4c3)c2C)cc1. The summed E-state index contributed by atoms with van der Waals surface area (Å²) in [6, 6.07) is 13.1. The molecule has 1 amide bonds. The third-order valence-corrected chi connectivity index (χ3v) is 4.78. The molecule has 0 bridgehead atoms. The molecule has 0 fully saturated rings. The van der Waals surface area contributed by atoms with Gasteiger partial charge in [0.1, 0.15) is 0 Å². The van der Waals surface area contributed by atoms with Gasteiger partial charge in [-0.2, -0.15) is 0 Å². The predicted octanol–water partition coefficient (Wildman–Crippen LogP) is 2.54. The molecule has 0 aliphatic heterocycles. The second-order valence-corrected chi connectivity index (χ2v) is 6.85. The molecule has 8 heteroatoms. The lowest BCUT2D eigenvalue weighted by molar-refractivity contribution is 0.0934. The molecular weight excluding hydrogens is 356 g/mol. The number of hydrogen-bond donors (Lipinski definition) is 3. The highest BCUT2D eigenvalue weighted by atomic mass is 16.2. The normalized spacial score (nSPS) is 12.2. The zero-order chi connectivity index (χ0) is 19.8. The number of hydrogen-bond acceptors (Lipinski definition) is 4. The number of aryl methyl sites for hydroxylation is 1. The molecule has 1 unspecified atom stereocenters. The number of aromatic nitrogens is 5. The van der Waals surface area contributed by atoms with Gasteiger partial charge < -0.3 is 15.3 Å². The largest absolute Gasteiger partial charge is 0.344 e. The number of rotatable bonds is 4. The quantitative estimate of drug-likeness (QED) is 0.508. The Morgan fingerprint density at radius 3 is 2.54 bits per heavy atom. The highest BCUT2D eigenvalue weighted by Crippen LogP contribution is 2.18. The maximum absolute atomic E-state index is 12.7. The number of benzene rings is 2. The number of imidazole rings is 1. The van der Waals surface area contributed by atoms with Crippen LogP contribution in [-0.2, 0) is 0 Å². The number of fused-ring (bicyclic) bond motifs is 1. The maximum atomic E-state index is 12.7. The van der Waals surface area contributed by atoms with Crippen molar-refractivity contribution in [2.45, 2.75) is 26.8 Å². The van der Waals surface area contributed by atoms with Gasteiger partial charge in [0, 0.05) is 0 Å². The number of carbonyl (C=O) groups excluding carboxylic acids is 1. The van der Waals surface area contributed by atoms with Gasteiger partial charge in [0.25, 0.3) is 5.91 Å². The number of carbonyl (C=O) groups is 1. The van der Waals surface area contributed by atoms with Crippen molar-refractivity contribution >= 4 is 16.9 Å². The Morgan fingerprint density at radius 2 is 1.79 bits per heavy atom. The fourth-order valence-electron chi connectivity index (χ4n) is 3.14. The van der Waals surface area contributed by atoms with Crippen LogP contribution in [0.2, 0.25) is 0 Å². The molecule has 4 aromatic rings. The standard InChI is InChI=1S/C20H20N6O2/c1-11-4-7-15(8-5-11)26-13(3)18(24-25-26)19(27)21-12(2)14-6-9-16-17(10-14)23-20(28)22-16/h4-10,12H,1-3H3,(H,21,27)(H2,22,23,28). The first-order valence-corrected chi connectivity index (χ1v) is 8.94. The number of H-pyrrole nitrogens is 2. The van der Waals surface area contributed by atoms with E-state index >= 15 is 0 Å². The van der Waals surface area contributed by atoms with Crippen molar-refractivity contribution in [1.82, 2.24) is 30.3 Å². The van der Waals surface area contributed by atoms with Crippen LogP contribution in [0.15, 0.2) is 47.3 Å².